The summed E-state index contributed by atoms with van der Waals surface area (Å²) >= 11 is 0. The number of Topliss-reactive ketones (excluding diaryl/α,β-unsaturated/α-hetero) is 1. The number of ether oxygens (including phenoxy) is 1. The molecule has 0 heterocycles. The van der Waals surface area contributed by atoms with Gasteiger partial charge < -0.3 is 9.64 Å². The first-order valence-electron chi connectivity index (χ1n) is 13.4. The maximum Gasteiger partial charge on any atom is 0.303 e. The van der Waals surface area contributed by atoms with Crippen LogP contribution in [0.15, 0.2) is 47.1 Å². The van der Waals surface area contributed by atoms with Gasteiger partial charge in [-0.3, -0.25) is 14.4 Å². The third kappa shape index (κ3) is 3.45. The van der Waals surface area contributed by atoms with Gasteiger partial charge in [-0.25, -0.2) is 0 Å². The number of rotatable bonds is 4. The predicted octanol–water partition coefficient (Wildman–Crippen LogP) is 5.93. The Morgan fingerprint density at radius 3 is 2.31 bits per heavy atom. The van der Waals surface area contributed by atoms with Crippen molar-refractivity contribution >= 4 is 23.2 Å². The number of esters is 1. The van der Waals surface area contributed by atoms with E-state index in [1.165, 1.54) is 29.2 Å². The molecule has 0 spiro atoms. The van der Waals surface area contributed by atoms with E-state index in [-0.39, 0.29) is 34.8 Å². The lowest BCUT2D eigenvalue weighted by Crippen LogP contribution is -2.59. The molecule has 0 saturated heterocycles. The second kappa shape index (κ2) is 8.43. The number of fused-ring (bicyclic) bond motifs is 4. The first-order chi connectivity index (χ1) is 16.9. The van der Waals surface area contributed by atoms with Crippen LogP contribution in [0.5, 0.6) is 0 Å². The van der Waals surface area contributed by atoms with Crippen LogP contribution in [-0.2, 0) is 19.1 Å². The van der Waals surface area contributed by atoms with Gasteiger partial charge in [0.05, 0.1) is 0 Å². The van der Waals surface area contributed by atoms with Crippen molar-refractivity contribution in [1.29, 1.82) is 0 Å². The summed E-state index contributed by atoms with van der Waals surface area (Å²) in [5.41, 5.74) is 4.75. The molecule has 2 saturated carbocycles. The number of carbonyl (C=O) groups is 3. The van der Waals surface area contributed by atoms with E-state index in [1.807, 2.05) is 20.2 Å². The van der Waals surface area contributed by atoms with Gasteiger partial charge in [-0.15, -0.1) is 0 Å². The number of benzene rings is 1. The molecular weight excluding hydrogens is 450 g/mol. The first-order valence-corrected chi connectivity index (χ1v) is 13.4. The lowest BCUT2D eigenvalue weighted by atomic mass is 9.45. The van der Waals surface area contributed by atoms with Gasteiger partial charge in [0, 0.05) is 44.5 Å². The minimum Gasteiger partial charge on any atom is -0.451 e. The lowest BCUT2D eigenvalue weighted by molar-refractivity contribution is -0.184. The van der Waals surface area contributed by atoms with Crippen LogP contribution in [0.2, 0.25) is 0 Å². The Morgan fingerprint density at radius 1 is 1.00 bits per heavy atom. The second-order valence-corrected chi connectivity index (χ2v) is 12.2. The Morgan fingerprint density at radius 2 is 1.69 bits per heavy atom. The van der Waals surface area contributed by atoms with E-state index in [4.69, 9.17) is 4.74 Å². The van der Waals surface area contributed by atoms with Gasteiger partial charge in [0.2, 0.25) is 0 Å². The monoisotopic (exact) mass is 489 g/mol. The van der Waals surface area contributed by atoms with Crippen LogP contribution < -0.4 is 4.90 Å². The van der Waals surface area contributed by atoms with E-state index in [0.717, 1.165) is 37.8 Å². The number of nitrogens with zero attached hydrogens (tertiary/aromatic N) is 1. The number of hydrogen-bond acceptors (Lipinski definition) is 5. The number of anilines is 1. The van der Waals surface area contributed by atoms with E-state index < -0.39 is 11.0 Å². The van der Waals surface area contributed by atoms with Gasteiger partial charge in [-0.05, 0) is 91.7 Å². The molecule has 0 N–H and O–H groups in total. The zero-order valence-corrected chi connectivity index (χ0v) is 22.6. The number of carbonyl (C=O) groups excluding carboxylic acids is 3. The molecule has 4 aliphatic carbocycles. The highest BCUT2D eigenvalue weighted by atomic mass is 16.6. The molecule has 0 amide bonds. The zero-order valence-electron chi connectivity index (χ0n) is 22.6. The molecular formula is C31H39NO4. The highest BCUT2D eigenvalue weighted by Crippen LogP contribution is 2.72. The predicted molar refractivity (Wildman–Crippen MR) is 141 cm³/mol. The van der Waals surface area contributed by atoms with Gasteiger partial charge in [0.1, 0.15) is 0 Å². The molecule has 0 aromatic heterocycles. The van der Waals surface area contributed by atoms with Crippen LogP contribution in [0, 0.1) is 16.7 Å². The molecule has 0 unspecified atom stereocenters. The summed E-state index contributed by atoms with van der Waals surface area (Å²) in [6.45, 7) is 7.62. The number of allylic oxidation sites excluding steroid dienone is 4. The van der Waals surface area contributed by atoms with E-state index in [2.05, 4.69) is 43.0 Å². The maximum atomic E-state index is 13.3. The molecule has 36 heavy (non-hydrogen) atoms. The van der Waals surface area contributed by atoms with E-state index in [0.29, 0.717) is 12.8 Å². The fourth-order valence-electron chi connectivity index (χ4n) is 8.58. The molecule has 0 aliphatic heterocycles. The summed E-state index contributed by atoms with van der Waals surface area (Å²) in [5.74, 6) is 0.146. The molecule has 1 aromatic carbocycles. The number of ketones is 2. The summed E-state index contributed by atoms with van der Waals surface area (Å²) < 4.78 is 6.05. The average Bonchev–Trinajstić information content (AvgIpc) is 3.11. The van der Waals surface area contributed by atoms with Crippen LogP contribution in [-0.4, -0.2) is 37.2 Å². The Bertz CT molecular complexity index is 1190. The van der Waals surface area contributed by atoms with Crippen molar-refractivity contribution in [3.8, 4) is 0 Å². The first kappa shape index (κ1) is 25.0. The largest absolute Gasteiger partial charge is 0.451 e. The lowest BCUT2D eigenvalue weighted by Gasteiger charge is -2.59. The van der Waals surface area contributed by atoms with Crippen molar-refractivity contribution in [3.05, 3.63) is 52.6 Å². The molecule has 2 fully saturated rings. The van der Waals surface area contributed by atoms with Gasteiger partial charge >= 0.3 is 5.97 Å². The van der Waals surface area contributed by atoms with Crippen molar-refractivity contribution in [3.63, 3.8) is 0 Å². The highest BCUT2D eigenvalue weighted by molar-refractivity contribution is 5.93. The SMILES string of the molecule is CC(=O)O[C@]1(C(C)=O)CC[C@@H]2[C@]1(C)C[C@H](c1ccc(N(C)C)cc1)C1=C3CCC(=O)C=C3CC[C@]12C. The Balaban J connectivity index is 1.73. The third-order valence-electron chi connectivity index (χ3n) is 10.1. The topological polar surface area (TPSA) is 63.7 Å². The molecule has 192 valence electrons. The number of hydrogen-bond donors (Lipinski definition) is 0. The molecule has 0 radical (unpaired) electrons. The standard InChI is InChI=1S/C31H39NO4/c1-19(33)31(36-20(2)34)16-14-27-29(3)15-13-22-17-24(35)11-12-25(22)28(29)26(18-30(27,31)4)21-7-9-23(10-8-21)32(5)6/h7-10,17,26-27H,11-16,18H2,1-6H3/t26-,27+,29+,30+,31+/m1/s1. The average molecular weight is 490 g/mol. The smallest absolute Gasteiger partial charge is 0.303 e. The Labute approximate surface area is 215 Å². The van der Waals surface area contributed by atoms with Crippen molar-refractivity contribution in [2.45, 2.75) is 84.2 Å². The molecule has 4 aliphatic rings. The quantitative estimate of drug-likeness (QED) is 0.490. The van der Waals surface area contributed by atoms with Crippen LogP contribution in [0.3, 0.4) is 0 Å². The van der Waals surface area contributed by atoms with Gasteiger partial charge in [-0.2, -0.15) is 0 Å². The molecule has 5 heteroatoms. The zero-order chi connectivity index (χ0) is 26.0. The van der Waals surface area contributed by atoms with Gasteiger partial charge in [-0.1, -0.05) is 31.6 Å². The normalized spacial score (nSPS) is 35.4. The highest BCUT2D eigenvalue weighted by Gasteiger charge is 2.70. The summed E-state index contributed by atoms with van der Waals surface area (Å²) in [6, 6.07) is 8.77. The Kier molecular flexibility index (Phi) is 5.85. The summed E-state index contributed by atoms with van der Waals surface area (Å²) in [6.07, 6.45) is 7.28. The summed E-state index contributed by atoms with van der Waals surface area (Å²) in [5, 5.41) is 0. The van der Waals surface area contributed by atoms with E-state index in [1.54, 1.807) is 6.92 Å². The minimum absolute atomic E-state index is 0.0382. The van der Waals surface area contributed by atoms with Crippen LogP contribution in [0.4, 0.5) is 5.69 Å². The molecule has 1 aromatic rings. The molecule has 0 bridgehead atoms. The maximum absolute atomic E-state index is 13.3. The molecule has 5 rings (SSSR count). The third-order valence-corrected chi connectivity index (χ3v) is 10.1. The van der Waals surface area contributed by atoms with E-state index >= 15 is 0 Å². The van der Waals surface area contributed by atoms with Gasteiger partial charge in [0.15, 0.2) is 17.2 Å². The van der Waals surface area contributed by atoms with Crippen LogP contribution >= 0.6 is 0 Å². The molecule has 5 atom stereocenters. The summed E-state index contributed by atoms with van der Waals surface area (Å²) in [7, 11) is 4.08. The van der Waals surface area contributed by atoms with Gasteiger partial charge in [0.25, 0.3) is 0 Å². The second-order valence-electron chi connectivity index (χ2n) is 12.2. The molecule has 5 nitrogen and oxygen atoms in total. The van der Waals surface area contributed by atoms with E-state index in [9.17, 15) is 14.4 Å². The van der Waals surface area contributed by atoms with Crippen LogP contribution in [0.1, 0.15) is 84.1 Å². The van der Waals surface area contributed by atoms with Crippen molar-refractivity contribution < 1.29 is 19.1 Å². The van der Waals surface area contributed by atoms with Crippen LogP contribution in [0.25, 0.3) is 0 Å². The van der Waals surface area contributed by atoms with Crippen molar-refractivity contribution in [2.24, 2.45) is 16.7 Å². The van der Waals surface area contributed by atoms with Crippen molar-refractivity contribution in [1.82, 2.24) is 0 Å². The fraction of sp³-hybridized carbons (Fsp3) is 0.581. The minimum atomic E-state index is -1.09. The fourth-order valence-corrected chi connectivity index (χ4v) is 8.58. The summed E-state index contributed by atoms with van der Waals surface area (Å²) in [4.78, 5) is 40.1. The van der Waals surface area contributed by atoms with Crippen molar-refractivity contribution in [2.75, 3.05) is 19.0 Å². The Hall–Kier alpha value is -2.69.